The molecule has 18 heavy (non-hydrogen) atoms. The van der Waals surface area contributed by atoms with Gasteiger partial charge in [0.2, 0.25) is 0 Å². The average molecular weight is 267 g/mol. The molecule has 0 bridgehead atoms. The van der Waals surface area contributed by atoms with Gasteiger partial charge in [-0.25, -0.2) is 9.78 Å². The molecule has 100 valence electrons. The molecule has 0 aliphatic heterocycles. The second kappa shape index (κ2) is 6.18. The van der Waals surface area contributed by atoms with Crippen LogP contribution in [0.2, 0.25) is 0 Å². The number of thiazole rings is 1. The Morgan fingerprint density at radius 3 is 2.78 bits per heavy atom. The lowest BCUT2D eigenvalue weighted by Crippen LogP contribution is -2.43. The first-order valence-electron chi connectivity index (χ1n) is 6.64. The van der Waals surface area contributed by atoms with Gasteiger partial charge in [0.1, 0.15) is 5.01 Å². The van der Waals surface area contributed by atoms with Gasteiger partial charge in [-0.3, -0.25) is 0 Å². The maximum Gasteiger partial charge on any atom is 0.315 e. The predicted molar refractivity (Wildman–Crippen MR) is 73.8 cm³/mol. The number of amides is 2. The topological polar surface area (TPSA) is 54.0 Å². The standard InChI is InChI=1S/C13H21N3OS/c1-9-8-14-12(18-9)10(2)15-13(17)16-11-6-4-3-5-7-11/h8,10-11H,3-7H2,1-2H3,(H2,15,16,17). The van der Waals surface area contributed by atoms with Crippen LogP contribution in [-0.2, 0) is 0 Å². The molecule has 1 fully saturated rings. The molecule has 1 atom stereocenters. The third kappa shape index (κ3) is 3.70. The van der Waals surface area contributed by atoms with Crippen LogP contribution in [0.4, 0.5) is 4.79 Å². The summed E-state index contributed by atoms with van der Waals surface area (Å²) in [5, 5.41) is 6.97. The van der Waals surface area contributed by atoms with Gasteiger partial charge in [-0.2, -0.15) is 0 Å². The summed E-state index contributed by atoms with van der Waals surface area (Å²) >= 11 is 1.63. The molecule has 5 heteroatoms. The monoisotopic (exact) mass is 267 g/mol. The quantitative estimate of drug-likeness (QED) is 0.884. The minimum atomic E-state index is -0.0674. The SMILES string of the molecule is Cc1cnc(C(C)NC(=O)NC2CCCCC2)s1. The molecule has 2 N–H and O–H groups in total. The normalized spacial score (nSPS) is 18.3. The summed E-state index contributed by atoms with van der Waals surface area (Å²) in [7, 11) is 0. The van der Waals surface area contributed by atoms with Gasteiger partial charge in [0.15, 0.2) is 0 Å². The first-order valence-corrected chi connectivity index (χ1v) is 7.46. The van der Waals surface area contributed by atoms with Gasteiger partial charge in [-0.05, 0) is 26.7 Å². The van der Waals surface area contributed by atoms with Gasteiger partial charge in [0.25, 0.3) is 0 Å². The number of hydrogen-bond donors (Lipinski definition) is 2. The first-order chi connectivity index (χ1) is 8.65. The number of hydrogen-bond acceptors (Lipinski definition) is 3. The first kappa shape index (κ1) is 13.3. The Labute approximate surface area is 112 Å². The summed E-state index contributed by atoms with van der Waals surface area (Å²) in [6.07, 6.45) is 7.82. The second-order valence-corrected chi connectivity index (χ2v) is 6.25. The lowest BCUT2D eigenvalue weighted by Gasteiger charge is -2.23. The van der Waals surface area contributed by atoms with E-state index in [1.54, 1.807) is 11.3 Å². The van der Waals surface area contributed by atoms with Crippen LogP contribution < -0.4 is 10.6 Å². The van der Waals surface area contributed by atoms with Gasteiger partial charge >= 0.3 is 6.03 Å². The van der Waals surface area contributed by atoms with E-state index in [-0.39, 0.29) is 12.1 Å². The highest BCUT2D eigenvalue weighted by Gasteiger charge is 2.17. The molecule has 1 heterocycles. The average Bonchev–Trinajstić information content (AvgIpc) is 2.77. The molecule has 1 aliphatic carbocycles. The maximum atomic E-state index is 11.9. The molecule has 1 aliphatic rings. The van der Waals surface area contributed by atoms with Crippen molar-refractivity contribution in [3.63, 3.8) is 0 Å². The summed E-state index contributed by atoms with van der Waals surface area (Å²) in [5.74, 6) is 0. The molecule has 0 spiro atoms. The van der Waals surface area contributed by atoms with Gasteiger partial charge in [-0.1, -0.05) is 19.3 Å². The minimum absolute atomic E-state index is 0.0210. The number of urea groups is 1. The van der Waals surface area contributed by atoms with E-state index in [0.29, 0.717) is 6.04 Å². The Kier molecular flexibility index (Phi) is 4.58. The lowest BCUT2D eigenvalue weighted by molar-refractivity contribution is 0.229. The molecular formula is C13H21N3OS. The zero-order valence-corrected chi connectivity index (χ0v) is 11.8. The van der Waals surface area contributed by atoms with Gasteiger partial charge < -0.3 is 10.6 Å². The van der Waals surface area contributed by atoms with Crippen LogP contribution in [0.5, 0.6) is 0 Å². The Bertz CT molecular complexity index is 399. The summed E-state index contributed by atoms with van der Waals surface area (Å²) in [6, 6.07) is 0.263. The number of carbonyl (C=O) groups is 1. The molecule has 2 rings (SSSR count). The molecule has 1 aromatic rings. The molecule has 2 amide bonds. The number of aromatic nitrogens is 1. The molecular weight excluding hydrogens is 246 g/mol. The van der Waals surface area contributed by atoms with E-state index < -0.39 is 0 Å². The smallest absolute Gasteiger partial charge is 0.315 e. The molecule has 1 unspecified atom stereocenters. The van der Waals surface area contributed by atoms with Crippen LogP contribution in [0.15, 0.2) is 6.20 Å². The van der Waals surface area contributed by atoms with Crippen molar-refractivity contribution in [2.75, 3.05) is 0 Å². The Morgan fingerprint density at radius 1 is 1.44 bits per heavy atom. The number of carbonyl (C=O) groups excluding carboxylic acids is 1. The van der Waals surface area contributed by atoms with E-state index in [4.69, 9.17) is 0 Å². The van der Waals surface area contributed by atoms with Crippen molar-refractivity contribution < 1.29 is 4.79 Å². The second-order valence-electron chi connectivity index (χ2n) is 4.98. The molecule has 0 saturated heterocycles. The third-order valence-corrected chi connectivity index (χ3v) is 4.39. The highest BCUT2D eigenvalue weighted by Crippen LogP contribution is 2.19. The third-order valence-electron chi connectivity index (χ3n) is 3.30. The summed E-state index contributed by atoms with van der Waals surface area (Å²) < 4.78 is 0. The molecule has 0 aromatic carbocycles. The molecule has 1 aromatic heterocycles. The van der Waals surface area contributed by atoms with E-state index in [1.807, 2.05) is 20.0 Å². The Balaban J connectivity index is 1.79. The van der Waals surface area contributed by atoms with Crippen molar-refractivity contribution in [2.45, 2.75) is 58.0 Å². The van der Waals surface area contributed by atoms with Gasteiger partial charge in [0, 0.05) is 17.1 Å². The van der Waals surface area contributed by atoms with Crippen molar-refractivity contribution >= 4 is 17.4 Å². The lowest BCUT2D eigenvalue weighted by atomic mass is 9.96. The Morgan fingerprint density at radius 2 is 2.17 bits per heavy atom. The fraction of sp³-hybridized carbons (Fsp3) is 0.692. The highest BCUT2D eigenvalue weighted by molar-refractivity contribution is 7.11. The van der Waals surface area contributed by atoms with Crippen LogP contribution in [0, 0.1) is 6.92 Å². The maximum absolute atomic E-state index is 11.9. The van der Waals surface area contributed by atoms with Gasteiger partial charge in [0.05, 0.1) is 6.04 Å². The summed E-state index contributed by atoms with van der Waals surface area (Å²) in [6.45, 7) is 3.99. The van der Waals surface area contributed by atoms with E-state index in [2.05, 4.69) is 15.6 Å². The van der Waals surface area contributed by atoms with Crippen molar-refractivity contribution in [2.24, 2.45) is 0 Å². The number of nitrogens with one attached hydrogen (secondary N) is 2. The minimum Gasteiger partial charge on any atom is -0.335 e. The van der Waals surface area contributed by atoms with Crippen molar-refractivity contribution in [3.8, 4) is 0 Å². The molecule has 0 radical (unpaired) electrons. The number of nitrogens with zero attached hydrogens (tertiary/aromatic N) is 1. The van der Waals surface area contributed by atoms with Crippen molar-refractivity contribution in [1.82, 2.24) is 15.6 Å². The van der Waals surface area contributed by atoms with Crippen LogP contribution in [0.25, 0.3) is 0 Å². The van der Waals surface area contributed by atoms with Crippen LogP contribution >= 0.6 is 11.3 Å². The Hall–Kier alpha value is -1.10. The zero-order chi connectivity index (χ0) is 13.0. The fourth-order valence-electron chi connectivity index (χ4n) is 2.30. The number of aryl methyl sites for hydroxylation is 1. The summed E-state index contributed by atoms with van der Waals surface area (Å²) in [5.41, 5.74) is 0. The number of rotatable bonds is 3. The van der Waals surface area contributed by atoms with Crippen LogP contribution in [-0.4, -0.2) is 17.1 Å². The molecule has 1 saturated carbocycles. The van der Waals surface area contributed by atoms with Gasteiger partial charge in [-0.15, -0.1) is 11.3 Å². The zero-order valence-electron chi connectivity index (χ0n) is 11.0. The predicted octanol–water partition coefficient (Wildman–Crippen LogP) is 3.14. The fourth-order valence-corrected chi connectivity index (χ4v) is 3.08. The van der Waals surface area contributed by atoms with E-state index in [9.17, 15) is 4.79 Å². The van der Waals surface area contributed by atoms with E-state index in [0.717, 1.165) is 17.8 Å². The van der Waals surface area contributed by atoms with Crippen LogP contribution in [0.3, 0.4) is 0 Å². The van der Waals surface area contributed by atoms with E-state index >= 15 is 0 Å². The van der Waals surface area contributed by atoms with E-state index in [1.165, 1.54) is 24.1 Å². The highest BCUT2D eigenvalue weighted by atomic mass is 32.1. The van der Waals surface area contributed by atoms with Crippen LogP contribution in [0.1, 0.15) is 55.0 Å². The largest absolute Gasteiger partial charge is 0.335 e. The summed E-state index contributed by atoms with van der Waals surface area (Å²) in [4.78, 5) is 17.3. The van der Waals surface area contributed by atoms with Crippen molar-refractivity contribution in [1.29, 1.82) is 0 Å². The van der Waals surface area contributed by atoms with Crippen molar-refractivity contribution in [3.05, 3.63) is 16.1 Å². The molecule has 4 nitrogen and oxygen atoms in total.